The normalized spacial score (nSPS) is 11.1. The van der Waals surface area contributed by atoms with Gasteiger partial charge in [0.25, 0.3) is 0 Å². The van der Waals surface area contributed by atoms with Crippen LogP contribution < -0.4 is 0 Å². The van der Waals surface area contributed by atoms with Crippen molar-refractivity contribution in [2.75, 3.05) is 0 Å². The molecule has 0 atom stereocenters. The molecule has 0 saturated carbocycles. The molecule has 3 nitrogen and oxygen atoms in total. The van der Waals surface area contributed by atoms with E-state index in [2.05, 4.69) is 9.97 Å². The zero-order valence-corrected chi connectivity index (χ0v) is 8.89. The van der Waals surface area contributed by atoms with Crippen molar-refractivity contribution in [3.8, 4) is 5.88 Å². The van der Waals surface area contributed by atoms with E-state index in [1.54, 1.807) is 0 Å². The summed E-state index contributed by atoms with van der Waals surface area (Å²) in [6.07, 6.45) is 0. The Kier molecular flexibility index (Phi) is 1.77. The van der Waals surface area contributed by atoms with Gasteiger partial charge in [-0.25, -0.2) is 0 Å². The molecule has 0 fully saturated rings. The van der Waals surface area contributed by atoms with Gasteiger partial charge in [0.1, 0.15) is 0 Å². The summed E-state index contributed by atoms with van der Waals surface area (Å²) in [5.74, 6) is 0.249. The maximum Gasteiger partial charge on any atom is 0.192 e. The number of aryl methyl sites for hydroxylation is 4. The summed E-state index contributed by atoms with van der Waals surface area (Å²) in [4.78, 5) is 7.37. The highest BCUT2D eigenvalue weighted by atomic mass is 16.3. The summed E-state index contributed by atoms with van der Waals surface area (Å²) in [7, 11) is 0. The van der Waals surface area contributed by atoms with Gasteiger partial charge in [0.2, 0.25) is 0 Å². The van der Waals surface area contributed by atoms with Crippen molar-refractivity contribution in [2.24, 2.45) is 0 Å². The van der Waals surface area contributed by atoms with Gasteiger partial charge < -0.3 is 10.1 Å². The predicted octanol–water partition coefficient (Wildman–Crippen LogP) is 2.50. The molecule has 2 heterocycles. The molecule has 0 spiro atoms. The first kappa shape index (κ1) is 9.06. The average molecular weight is 190 g/mol. The maximum atomic E-state index is 9.60. The molecule has 0 aliphatic heterocycles. The number of pyridine rings is 1. The number of nitrogens with zero attached hydrogens (tertiary/aromatic N) is 1. The van der Waals surface area contributed by atoms with Crippen LogP contribution in [-0.4, -0.2) is 15.1 Å². The summed E-state index contributed by atoms with van der Waals surface area (Å²) in [6.45, 7) is 7.89. The molecule has 14 heavy (non-hydrogen) atoms. The van der Waals surface area contributed by atoms with E-state index in [1.165, 1.54) is 0 Å². The number of H-pyrrole nitrogens is 1. The highest BCUT2D eigenvalue weighted by Gasteiger charge is 2.13. The first-order chi connectivity index (χ1) is 6.52. The molecule has 0 bridgehead atoms. The fourth-order valence-corrected chi connectivity index (χ4v) is 1.89. The minimum absolute atomic E-state index is 0.249. The van der Waals surface area contributed by atoms with Gasteiger partial charge >= 0.3 is 0 Å². The Morgan fingerprint density at radius 1 is 1.00 bits per heavy atom. The van der Waals surface area contributed by atoms with Crippen LogP contribution in [-0.2, 0) is 0 Å². The lowest BCUT2D eigenvalue weighted by molar-refractivity contribution is 0.454. The Labute approximate surface area is 82.8 Å². The smallest absolute Gasteiger partial charge is 0.192 e. The SMILES string of the molecule is Cc1nc(C)c2[nH]c(O)c(C)c2c1C. The fraction of sp³-hybridized carbons (Fsp3) is 0.364. The second-order valence-electron chi connectivity index (χ2n) is 3.76. The van der Waals surface area contributed by atoms with Gasteiger partial charge in [0, 0.05) is 16.6 Å². The number of aromatic nitrogens is 2. The molecule has 2 N–H and O–H groups in total. The lowest BCUT2D eigenvalue weighted by atomic mass is 10.1. The summed E-state index contributed by atoms with van der Waals surface area (Å²) < 4.78 is 0. The Morgan fingerprint density at radius 2 is 1.64 bits per heavy atom. The molecule has 3 heteroatoms. The molecule has 2 aromatic rings. The van der Waals surface area contributed by atoms with Crippen LogP contribution in [0.2, 0.25) is 0 Å². The molecular formula is C11H14N2O. The molecule has 2 rings (SSSR count). The Morgan fingerprint density at radius 3 is 2.29 bits per heavy atom. The average Bonchev–Trinajstić information content (AvgIpc) is 2.41. The van der Waals surface area contributed by atoms with E-state index in [9.17, 15) is 5.11 Å². The third kappa shape index (κ3) is 1.02. The molecule has 0 radical (unpaired) electrons. The molecule has 74 valence electrons. The van der Waals surface area contributed by atoms with Crippen LogP contribution in [0.1, 0.15) is 22.5 Å². The van der Waals surface area contributed by atoms with Gasteiger partial charge in [-0.05, 0) is 33.3 Å². The summed E-state index contributed by atoms with van der Waals surface area (Å²) in [5, 5.41) is 10.7. The summed E-state index contributed by atoms with van der Waals surface area (Å²) in [6, 6.07) is 0. The lowest BCUT2D eigenvalue weighted by Crippen LogP contribution is -1.92. The van der Waals surface area contributed by atoms with Crippen LogP contribution >= 0.6 is 0 Å². The Bertz CT molecular complexity index is 512. The van der Waals surface area contributed by atoms with Crippen molar-refractivity contribution in [3.63, 3.8) is 0 Å². The highest BCUT2D eigenvalue weighted by molar-refractivity contribution is 5.90. The minimum Gasteiger partial charge on any atom is -0.494 e. The van der Waals surface area contributed by atoms with E-state index in [-0.39, 0.29) is 5.88 Å². The number of fused-ring (bicyclic) bond motifs is 1. The monoisotopic (exact) mass is 190 g/mol. The van der Waals surface area contributed by atoms with E-state index in [1.807, 2.05) is 27.7 Å². The van der Waals surface area contributed by atoms with Gasteiger partial charge in [-0.2, -0.15) is 0 Å². The number of hydrogen-bond donors (Lipinski definition) is 2. The van der Waals surface area contributed by atoms with Crippen LogP contribution in [0.4, 0.5) is 0 Å². The second-order valence-corrected chi connectivity index (χ2v) is 3.76. The van der Waals surface area contributed by atoms with Crippen molar-refractivity contribution >= 4 is 10.9 Å². The second kappa shape index (κ2) is 2.74. The third-order valence-electron chi connectivity index (χ3n) is 2.84. The standard InChI is InChI=1S/C11H14N2O/c1-5-7(3)12-8(4)10-9(5)6(2)11(14)13-10/h13-14H,1-4H3. The van der Waals surface area contributed by atoms with Crippen LogP contribution in [0.3, 0.4) is 0 Å². The number of aromatic amines is 1. The topological polar surface area (TPSA) is 48.9 Å². The van der Waals surface area contributed by atoms with Gasteiger partial charge in [-0.15, -0.1) is 0 Å². The van der Waals surface area contributed by atoms with Crippen molar-refractivity contribution in [3.05, 3.63) is 22.5 Å². The molecule has 0 saturated heterocycles. The molecule has 0 aromatic carbocycles. The van der Waals surface area contributed by atoms with E-state index in [0.717, 1.165) is 33.4 Å². The van der Waals surface area contributed by atoms with Gasteiger partial charge in [-0.1, -0.05) is 0 Å². The summed E-state index contributed by atoms with van der Waals surface area (Å²) >= 11 is 0. The quantitative estimate of drug-likeness (QED) is 0.670. The zero-order chi connectivity index (χ0) is 10.5. The molecular weight excluding hydrogens is 176 g/mol. The lowest BCUT2D eigenvalue weighted by Gasteiger charge is -2.04. The van der Waals surface area contributed by atoms with Crippen molar-refractivity contribution < 1.29 is 5.11 Å². The number of hydrogen-bond acceptors (Lipinski definition) is 2. The van der Waals surface area contributed by atoms with Crippen molar-refractivity contribution in [1.29, 1.82) is 0 Å². The summed E-state index contributed by atoms with van der Waals surface area (Å²) in [5.41, 5.74) is 4.96. The first-order valence-corrected chi connectivity index (χ1v) is 4.67. The molecule has 0 amide bonds. The van der Waals surface area contributed by atoms with Crippen LogP contribution in [0, 0.1) is 27.7 Å². The molecule has 0 unspecified atom stereocenters. The first-order valence-electron chi connectivity index (χ1n) is 4.67. The van der Waals surface area contributed by atoms with Crippen molar-refractivity contribution in [1.82, 2.24) is 9.97 Å². The van der Waals surface area contributed by atoms with E-state index in [4.69, 9.17) is 0 Å². The zero-order valence-electron chi connectivity index (χ0n) is 8.89. The van der Waals surface area contributed by atoms with E-state index < -0.39 is 0 Å². The maximum absolute atomic E-state index is 9.60. The van der Waals surface area contributed by atoms with E-state index in [0.29, 0.717) is 0 Å². The third-order valence-corrected chi connectivity index (χ3v) is 2.84. The molecule has 0 aliphatic rings. The van der Waals surface area contributed by atoms with Crippen LogP contribution in [0.15, 0.2) is 0 Å². The van der Waals surface area contributed by atoms with Gasteiger partial charge in [0.05, 0.1) is 11.2 Å². The largest absolute Gasteiger partial charge is 0.494 e. The number of aromatic hydroxyl groups is 1. The minimum atomic E-state index is 0.249. The Hall–Kier alpha value is -1.51. The number of rotatable bonds is 0. The predicted molar refractivity (Wildman–Crippen MR) is 56.7 cm³/mol. The Balaban J connectivity index is 3.03. The van der Waals surface area contributed by atoms with Gasteiger partial charge in [-0.3, -0.25) is 4.98 Å². The molecule has 0 aliphatic carbocycles. The molecule has 2 aromatic heterocycles. The highest BCUT2D eigenvalue weighted by Crippen LogP contribution is 2.31. The van der Waals surface area contributed by atoms with Crippen LogP contribution in [0.5, 0.6) is 5.88 Å². The van der Waals surface area contributed by atoms with Crippen LogP contribution in [0.25, 0.3) is 10.9 Å². The fourth-order valence-electron chi connectivity index (χ4n) is 1.89. The van der Waals surface area contributed by atoms with E-state index >= 15 is 0 Å². The number of nitrogens with one attached hydrogen (secondary N) is 1. The van der Waals surface area contributed by atoms with Gasteiger partial charge in [0.15, 0.2) is 5.88 Å². The van der Waals surface area contributed by atoms with Crippen molar-refractivity contribution in [2.45, 2.75) is 27.7 Å².